The second-order valence-corrected chi connectivity index (χ2v) is 12.8. The maximum atomic E-state index is 6.55. The molecule has 238 valence electrons. The molecule has 0 unspecified atom stereocenters. The van der Waals surface area contributed by atoms with Crippen LogP contribution in [-0.4, -0.2) is 19.5 Å². The Labute approximate surface area is 290 Å². The van der Waals surface area contributed by atoms with Crippen molar-refractivity contribution in [2.45, 2.75) is 0 Å². The number of rotatable bonds is 4. The topological polar surface area (TPSA) is 69.9 Å². The van der Waals surface area contributed by atoms with E-state index in [0.29, 0.717) is 17.6 Å². The van der Waals surface area contributed by atoms with Gasteiger partial charge in [-0.05, 0) is 59.7 Å². The molecule has 0 bridgehead atoms. The molecule has 0 saturated heterocycles. The fraction of sp³-hybridized carbons (Fsp3) is 0. The molecular weight excluding hydrogens is 629 g/mol. The van der Waals surface area contributed by atoms with E-state index in [1.165, 1.54) is 0 Å². The van der Waals surface area contributed by atoms with Gasteiger partial charge in [-0.3, -0.25) is 4.57 Å². The first-order valence-corrected chi connectivity index (χ1v) is 16.9. The fourth-order valence-corrected chi connectivity index (χ4v) is 7.54. The number of hydrogen-bond acceptors (Lipinski definition) is 5. The van der Waals surface area contributed by atoms with Crippen LogP contribution in [0.25, 0.3) is 106 Å². The number of hydrogen-bond donors (Lipinski definition) is 0. The molecule has 0 radical (unpaired) electrons. The first kappa shape index (κ1) is 27.9. The fourth-order valence-electron chi connectivity index (χ4n) is 7.54. The molecule has 0 N–H and O–H groups in total. The van der Waals surface area contributed by atoms with E-state index in [9.17, 15) is 0 Å². The predicted octanol–water partition coefficient (Wildman–Crippen LogP) is 11.8. The van der Waals surface area contributed by atoms with Crippen LogP contribution in [0, 0.1) is 0 Å². The van der Waals surface area contributed by atoms with Gasteiger partial charge in [0.05, 0.1) is 11.0 Å². The van der Waals surface area contributed by atoms with Crippen molar-refractivity contribution >= 4 is 65.7 Å². The maximum absolute atomic E-state index is 6.55. The van der Waals surface area contributed by atoms with Gasteiger partial charge in [-0.1, -0.05) is 109 Å². The molecule has 0 aliphatic carbocycles. The van der Waals surface area contributed by atoms with Crippen molar-refractivity contribution in [3.63, 3.8) is 0 Å². The Hall–Kier alpha value is -7.05. The largest absolute Gasteiger partial charge is 0.456 e. The summed E-state index contributed by atoms with van der Waals surface area (Å²) < 4.78 is 14.9. The summed E-state index contributed by atoms with van der Waals surface area (Å²) in [7, 11) is 0. The SMILES string of the molecule is c1ccc(-c2nc(-c3cccc4oc5cc(-c6ccc7c(c6)oc6ccccc67)ccc5c34)nc(-n3c4ccccc4c4ccccc43)n2)cc1. The smallest absolute Gasteiger partial charge is 0.238 e. The first-order chi connectivity index (χ1) is 25.3. The van der Waals surface area contributed by atoms with Crippen LogP contribution in [-0.2, 0) is 0 Å². The molecule has 0 saturated carbocycles. The molecule has 4 aromatic heterocycles. The third-order valence-corrected chi connectivity index (χ3v) is 9.89. The Kier molecular flexibility index (Phi) is 5.86. The van der Waals surface area contributed by atoms with Crippen molar-refractivity contribution in [2.75, 3.05) is 0 Å². The molecule has 6 nitrogen and oxygen atoms in total. The minimum atomic E-state index is 0.560. The van der Waals surface area contributed by atoms with Gasteiger partial charge in [-0.2, -0.15) is 9.97 Å². The third-order valence-electron chi connectivity index (χ3n) is 9.89. The number of aromatic nitrogens is 4. The second-order valence-electron chi connectivity index (χ2n) is 12.8. The van der Waals surface area contributed by atoms with Crippen LogP contribution < -0.4 is 0 Å². The third kappa shape index (κ3) is 4.26. The first-order valence-electron chi connectivity index (χ1n) is 16.9. The number of nitrogens with zero attached hydrogens (tertiary/aromatic N) is 4. The lowest BCUT2D eigenvalue weighted by atomic mass is 10.0. The summed E-state index contributed by atoms with van der Waals surface area (Å²) in [6.45, 7) is 0. The van der Waals surface area contributed by atoms with E-state index < -0.39 is 0 Å². The lowest BCUT2D eigenvalue weighted by Gasteiger charge is -2.11. The van der Waals surface area contributed by atoms with Gasteiger partial charge in [-0.15, -0.1) is 0 Å². The summed E-state index contributed by atoms with van der Waals surface area (Å²) in [5.41, 5.74) is 9.29. The summed E-state index contributed by atoms with van der Waals surface area (Å²) in [6, 6.07) is 53.9. The zero-order valence-corrected chi connectivity index (χ0v) is 27.1. The normalized spacial score (nSPS) is 11.9. The van der Waals surface area contributed by atoms with E-state index in [4.69, 9.17) is 23.8 Å². The van der Waals surface area contributed by atoms with Gasteiger partial charge >= 0.3 is 0 Å². The van der Waals surface area contributed by atoms with E-state index in [1.54, 1.807) is 0 Å². The zero-order valence-electron chi connectivity index (χ0n) is 27.1. The van der Waals surface area contributed by atoms with Gasteiger partial charge in [0.1, 0.15) is 22.3 Å². The Bertz CT molecular complexity index is 3100. The Morgan fingerprint density at radius 3 is 1.71 bits per heavy atom. The zero-order chi connectivity index (χ0) is 33.5. The van der Waals surface area contributed by atoms with E-state index in [1.807, 2.05) is 60.7 Å². The van der Waals surface area contributed by atoms with Gasteiger partial charge < -0.3 is 8.83 Å². The Morgan fingerprint density at radius 2 is 0.941 bits per heavy atom. The van der Waals surface area contributed by atoms with Crippen LogP contribution in [0.2, 0.25) is 0 Å². The predicted molar refractivity (Wildman–Crippen MR) is 205 cm³/mol. The van der Waals surface area contributed by atoms with Crippen molar-refractivity contribution in [1.82, 2.24) is 19.5 Å². The minimum Gasteiger partial charge on any atom is -0.456 e. The molecule has 4 heterocycles. The van der Waals surface area contributed by atoms with Crippen molar-refractivity contribution in [1.29, 1.82) is 0 Å². The van der Waals surface area contributed by atoms with Crippen LogP contribution in [0.15, 0.2) is 167 Å². The number of benzene rings is 7. The summed E-state index contributed by atoms with van der Waals surface area (Å²) in [4.78, 5) is 15.4. The van der Waals surface area contributed by atoms with Crippen molar-refractivity contribution in [3.05, 3.63) is 158 Å². The molecular formula is C45H26N4O2. The van der Waals surface area contributed by atoms with Gasteiger partial charge in [0.25, 0.3) is 0 Å². The Balaban J connectivity index is 1.11. The van der Waals surface area contributed by atoms with Crippen LogP contribution in [0.3, 0.4) is 0 Å². The highest BCUT2D eigenvalue weighted by molar-refractivity contribution is 6.13. The van der Waals surface area contributed by atoms with Crippen LogP contribution in [0.5, 0.6) is 0 Å². The average molecular weight is 655 g/mol. The van der Waals surface area contributed by atoms with Gasteiger partial charge in [-0.25, -0.2) is 4.98 Å². The van der Waals surface area contributed by atoms with Crippen molar-refractivity contribution in [3.8, 4) is 39.9 Å². The summed E-state index contributed by atoms with van der Waals surface area (Å²) in [6.07, 6.45) is 0. The van der Waals surface area contributed by atoms with E-state index in [2.05, 4.69) is 102 Å². The van der Waals surface area contributed by atoms with Gasteiger partial charge in [0, 0.05) is 43.4 Å². The molecule has 6 heteroatoms. The number of para-hydroxylation sites is 3. The van der Waals surface area contributed by atoms with E-state index in [0.717, 1.165) is 87.9 Å². The molecule has 7 aromatic carbocycles. The molecule has 0 spiro atoms. The molecule has 0 amide bonds. The molecule has 11 rings (SSSR count). The van der Waals surface area contributed by atoms with E-state index >= 15 is 0 Å². The minimum absolute atomic E-state index is 0.560. The van der Waals surface area contributed by atoms with Gasteiger partial charge in [0.2, 0.25) is 5.95 Å². The number of fused-ring (bicyclic) bond motifs is 9. The van der Waals surface area contributed by atoms with Crippen molar-refractivity contribution in [2.24, 2.45) is 0 Å². The molecule has 0 atom stereocenters. The molecule has 11 aromatic rings. The van der Waals surface area contributed by atoms with Gasteiger partial charge in [0.15, 0.2) is 11.6 Å². The van der Waals surface area contributed by atoms with E-state index in [-0.39, 0.29) is 0 Å². The highest BCUT2D eigenvalue weighted by atomic mass is 16.3. The lowest BCUT2D eigenvalue weighted by molar-refractivity contribution is 0.668. The van der Waals surface area contributed by atoms with Crippen LogP contribution in [0.1, 0.15) is 0 Å². The molecule has 0 aliphatic heterocycles. The summed E-state index contributed by atoms with van der Waals surface area (Å²) in [5.74, 6) is 1.74. The van der Waals surface area contributed by atoms with Crippen molar-refractivity contribution < 1.29 is 8.83 Å². The average Bonchev–Trinajstić information content (AvgIpc) is 3.87. The second kappa shape index (κ2) is 10.7. The highest BCUT2D eigenvalue weighted by Gasteiger charge is 2.20. The van der Waals surface area contributed by atoms with Crippen LogP contribution >= 0.6 is 0 Å². The molecule has 0 aliphatic rings. The summed E-state index contributed by atoms with van der Waals surface area (Å²) in [5, 5.41) is 6.48. The highest BCUT2D eigenvalue weighted by Crippen LogP contribution is 2.39. The number of furan rings is 2. The summed E-state index contributed by atoms with van der Waals surface area (Å²) >= 11 is 0. The maximum Gasteiger partial charge on any atom is 0.238 e. The quantitative estimate of drug-likeness (QED) is 0.189. The lowest BCUT2D eigenvalue weighted by Crippen LogP contribution is -2.06. The molecule has 51 heavy (non-hydrogen) atoms. The Morgan fingerprint density at radius 1 is 0.373 bits per heavy atom. The molecule has 0 fully saturated rings. The van der Waals surface area contributed by atoms with Crippen LogP contribution in [0.4, 0.5) is 0 Å². The monoisotopic (exact) mass is 654 g/mol. The standard InChI is InChI=1S/C45H26N4O2/c1-2-11-27(12-3-1)43-46-44(48-45(47-43)49-36-17-7-4-13-30(36)31-14-5-8-18-37(31)49)35-16-10-20-39-42(35)34-24-22-29(26-41(34)51-39)28-21-23-33-32-15-6-9-19-38(32)50-40(33)25-28/h1-26H.